The van der Waals surface area contributed by atoms with Crippen LogP contribution < -0.4 is 5.32 Å². The van der Waals surface area contributed by atoms with Gasteiger partial charge in [-0.2, -0.15) is 10.5 Å². The molecule has 0 saturated carbocycles. The van der Waals surface area contributed by atoms with E-state index in [9.17, 15) is 4.79 Å². The highest BCUT2D eigenvalue weighted by molar-refractivity contribution is 7.15. The lowest BCUT2D eigenvalue weighted by atomic mass is 9.95. The van der Waals surface area contributed by atoms with Crippen molar-refractivity contribution in [3.8, 4) is 17.1 Å². The molecule has 0 atom stereocenters. The molecule has 0 radical (unpaired) electrons. The number of aryl methyl sites for hydroxylation is 3. The number of nitrogens with one attached hydrogen (secondary N) is 1. The summed E-state index contributed by atoms with van der Waals surface area (Å²) in [5, 5.41) is 22.3. The minimum atomic E-state index is -0.0948. The number of carbonyl (C=O) groups excluding carboxylic acids is 1. The number of rotatable bonds is 4. The molecule has 3 aromatic rings. The molecule has 1 amide bonds. The topological polar surface area (TPSA) is 81.6 Å². The molecule has 0 bridgehead atoms. The average Bonchev–Trinajstić information content (AvgIpc) is 3.29. The van der Waals surface area contributed by atoms with Gasteiger partial charge in [-0.25, -0.2) is 0 Å². The fraction of sp³-hybridized carbons (Fsp3) is 0.269. The van der Waals surface area contributed by atoms with Gasteiger partial charge in [0, 0.05) is 22.0 Å². The highest BCUT2D eigenvalue weighted by atomic mass is 32.1. The highest BCUT2D eigenvalue weighted by Gasteiger charge is 2.28. The van der Waals surface area contributed by atoms with Crippen molar-refractivity contribution in [3.63, 3.8) is 0 Å². The molecule has 32 heavy (non-hydrogen) atoms. The lowest BCUT2D eigenvalue weighted by Crippen LogP contribution is -2.17. The normalized spacial score (nSPS) is 12.4. The van der Waals surface area contributed by atoms with Crippen molar-refractivity contribution in [3.05, 3.63) is 74.4 Å². The van der Waals surface area contributed by atoms with E-state index < -0.39 is 0 Å². The molecule has 1 aliphatic carbocycles. The van der Waals surface area contributed by atoms with Crippen LogP contribution in [0.2, 0.25) is 0 Å². The summed E-state index contributed by atoms with van der Waals surface area (Å²) in [5.41, 5.74) is 6.57. The van der Waals surface area contributed by atoms with E-state index in [1.54, 1.807) is 17.4 Å². The lowest BCUT2D eigenvalue weighted by molar-refractivity contribution is 0.102. The van der Waals surface area contributed by atoms with E-state index in [-0.39, 0.29) is 11.5 Å². The molecular formula is C26H24N4OS. The smallest absolute Gasteiger partial charge is 0.258 e. The Labute approximate surface area is 192 Å². The van der Waals surface area contributed by atoms with Crippen molar-refractivity contribution in [1.29, 1.82) is 10.5 Å². The standard InChI is InChI=1S/C26H24N4OS/c1-16-8-10-21(11-9-16)29-25(31)24-22-6-4-5-7-23(22)32-26(24)30-17(2)12-20(18(30)3)13-19(14-27)15-28/h8-13H,4-7H2,1-3H3,(H,29,31). The molecule has 4 rings (SSSR count). The van der Waals surface area contributed by atoms with Crippen LogP contribution in [0, 0.1) is 43.4 Å². The van der Waals surface area contributed by atoms with Crippen LogP contribution in [0.4, 0.5) is 5.69 Å². The number of hydrogen-bond donors (Lipinski definition) is 1. The number of anilines is 1. The van der Waals surface area contributed by atoms with Crippen LogP contribution in [0.1, 0.15) is 56.2 Å². The fourth-order valence-corrected chi connectivity index (χ4v) is 5.76. The van der Waals surface area contributed by atoms with E-state index in [2.05, 4.69) is 9.88 Å². The molecule has 0 saturated heterocycles. The van der Waals surface area contributed by atoms with Crippen LogP contribution in [-0.4, -0.2) is 10.5 Å². The zero-order chi connectivity index (χ0) is 22.8. The van der Waals surface area contributed by atoms with Gasteiger partial charge in [0.25, 0.3) is 5.91 Å². The summed E-state index contributed by atoms with van der Waals surface area (Å²) in [4.78, 5) is 14.8. The Balaban J connectivity index is 1.83. The van der Waals surface area contributed by atoms with E-state index >= 15 is 0 Å². The Hall–Kier alpha value is -3.61. The average molecular weight is 441 g/mol. The summed E-state index contributed by atoms with van der Waals surface area (Å²) in [6.07, 6.45) is 5.72. The largest absolute Gasteiger partial charge is 0.322 e. The molecule has 0 spiro atoms. The second kappa shape index (κ2) is 8.86. The first kappa shape index (κ1) is 21.6. The zero-order valence-electron chi connectivity index (χ0n) is 18.5. The van der Waals surface area contributed by atoms with Gasteiger partial charge in [0.15, 0.2) is 0 Å². The number of fused-ring (bicyclic) bond motifs is 1. The van der Waals surface area contributed by atoms with Gasteiger partial charge in [0.2, 0.25) is 0 Å². The number of aromatic nitrogens is 1. The van der Waals surface area contributed by atoms with Gasteiger partial charge in [-0.05, 0) is 81.9 Å². The number of nitrogens with zero attached hydrogens (tertiary/aromatic N) is 3. The predicted octanol–water partition coefficient (Wildman–Crippen LogP) is 6.03. The maximum absolute atomic E-state index is 13.5. The molecule has 1 aliphatic rings. The second-order valence-corrected chi connectivity index (χ2v) is 9.24. The molecular weight excluding hydrogens is 416 g/mol. The van der Waals surface area contributed by atoms with Gasteiger partial charge in [0.1, 0.15) is 22.7 Å². The second-order valence-electron chi connectivity index (χ2n) is 8.15. The number of benzene rings is 1. The van der Waals surface area contributed by atoms with Gasteiger partial charge < -0.3 is 9.88 Å². The molecule has 0 aliphatic heterocycles. The van der Waals surface area contributed by atoms with Crippen molar-refractivity contribution >= 4 is 29.0 Å². The molecule has 1 aromatic carbocycles. The summed E-state index contributed by atoms with van der Waals surface area (Å²) in [7, 11) is 0. The van der Waals surface area contributed by atoms with E-state index in [4.69, 9.17) is 10.5 Å². The molecule has 160 valence electrons. The van der Waals surface area contributed by atoms with Crippen LogP contribution in [0.15, 0.2) is 35.9 Å². The SMILES string of the molecule is Cc1ccc(NC(=O)c2c(-n3c(C)cc(C=C(C#N)C#N)c3C)sc3c2CCCC3)cc1. The number of hydrogen-bond acceptors (Lipinski definition) is 4. The van der Waals surface area contributed by atoms with E-state index in [0.717, 1.165) is 70.0 Å². The summed E-state index contributed by atoms with van der Waals surface area (Å²) in [6.45, 7) is 5.97. The monoisotopic (exact) mass is 440 g/mol. The quantitative estimate of drug-likeness (QED) is 0.503. The summed E-state index contributed by atoms with van der Waals surface area (Å²) in [6, 6.07) is 13.6. The third-order valence-corrected chi connectivity index (χ3v) is 7.18. The summed E-state index contributed by atoms with van der Waals surface area (Å²) in [5.74, 6) is -0.0948. The van der Waals surface area contributed by atoms with Crippen molar-refractivity contribution in [1.82, 2.24) is 4.57 Å². The maximum Gasteiger partial charge on any atom is 0.258 e. The Morgan fingerprint density at radius 1 is 1.09 bits per heavy atom. The highest BCUT2D eigenvalue weighted by Crippen LogP contribution is 2.39. The molecule has 5 nitrogen and oxygen atoms in total. The van der Waals surface area contributed by atoms with E-state index in [1.165, 1.54) is 4.88 Å². The molecule has 2 aromatic heterocycles. The third kappa shape index (κ3) is 3.98. The minimum Gasteiger partial charge on any atom is -0.322 e. The summed E-state index contributed by atoms with van der Waals surface area (Å²) >= 11 is 1.68. The Bertz CT molecular complexity index is 1290. The molecule has 0 fully saturated rings. The minimum absolute atomic E-state index is 0.0630. The van der Waals surface area contributed by atoms with Gasteiger partial charge in [0.05, 0.1) is 5.56 Å². The first-order valence-corrected chi connectivity index (χ1v) is 11.5. The predicted molar refractivity (Wildman–Crippen MR) is 128 cm³/mol. The van der Waals surface area contributed by atoms with Crippen LogP contribution in [0.5, 0.6) is 0 Å². The van der Waals surface area contributed by atoms with Gasteiger partial charge in [-0.15, -0.1) is 11.3 Å². The number of allylic oxidation sites excluding steroid dienone is 1. The lowest BCUT2D eigenvalue weighted by Gasteiger charge is -2.14. The number of thiophene rings is 1. The first-order valence-electron chi connectivity index (χ1n) is 10.7. The van der Waals surface area contributed by atoms with Crippen LogP contribution in [-0.2, 0) is 12.8 Å². The van der Waals surface area contributed by atoms with E-state index in [0.29, 0.717) is 0 Å². The summed E-state index contributed by atoms with van der Waals surface area (Å²) < 4.78 is 2.09. The number of amides is 1. The molecule has 6 heteroatoms. The Kier molecular flexibility index (Phi) is 5.99. The van der Waals surface area contributed by atoms with Gasteiger partial charge in [-0.1, -0.05) is 17.7 Å². The van der Waals surface area contributed by atoms with Crippen LogP contribution >= 0.6 is 11.3 Å². The Morgan fingerprint density at radius 2 is 1.78 bits per heavy atom. The molecule has 1 N–H and O–H groups in total. The zero-order valence-corrected chi connectivity index (χ0v) is 19.3. The fourth-order valence-electron chi connectivity index (χ4n) is 4.26. The van der Waals surface area contributed by atoms with Crippen molar-refractivity contribution < 1.29 is 4.79 Å². The van der Waals surface area contributed by atoms with E-state index in [1.807, 2.05) is 63.2 Å². The van der Waals surface area contributed by atoms with Gasteiger partial charge in [-0.3, -0.25) is 4.79 Å². The van der Waals surface area contributed by atoms with Crippen LogP contribution in [0.3, 0.4) is 0 Å². The first-order chi connectivity index (χ1) is 15.4. The van der Waals surface area contributed by atoms with Crippen molar-refractivity contribution in [2.45, 2.75) is 46.5 Å². The third-order valence-electron chi connectivity index (χ3n) is 5.90. The maximum atomic E-state index is 13.5. The Morgan fingerprint density at radius 3 is 2.47 bits per heavy atom. The van der Waals surface area contributed by atoms with Crippen molar-refractivity contribution in [2.24, 2.45) is 0 Å². The van der Waals surface area contributed by atoms with Crippen molar-refractivity contribution in [2.75, 3.05) is 5.32 Å². The number of nitriles is 2. The van der Waals surface area contributed by atoms with Crippen LogP contribution in [0.25, 0.3) is 11.1 Å². The molecule has 2 heterocycles. The molecule has 0 unspecified atom stereocenters. The van der Waals surface area contributed by atoms with Gasteiger partial charge >= 0.3 is 0 Å². The number of carbonyl (C=O) groups is 1.